The molecule has 1 aliphatic heterocycles. The van der Waals surface area contributed by atoms with Crippen molar-refractivity contribution in [3.63, 3.8) is 0 Å². The first kappa shape index (κ1) is 17.2. The van der Waals surface area contributed by atoms with Crippen LogP contribution in [0.2, 0.25) is 0 Å². The number of carbonyl (C=O) groups is 2. The molecule has 0 aromatic rings. The fourth-order valence-electron chi connectivity index (χ4n) is 2.05. The average Bonchev–Trinajstić information content (AvgIpc) is 2.38. The van der Waals surface area contributed by atoms with Crippen LogP contribution in [0.15, 0.2) is 0 Å². The van der Waals surface area contributed by atoms with E-state index in [1.807, 2.05) is 0 Å². The van der Waals surface area contributed by atoms with Crippen molar-refractivity contribution in [3.8, 4) is 0 Å². The number of rotatable bonds is 5. The fourth-order valence-corrected chi connectivity index (χ4v) is 2.05. The van der Waals surface area contributed by atoms with E-state index >= 15 is 0 Å². The SMILES string of the molecule is COC(=O)CCCN(C)C(=O)[C@@H]1CCCNC1.Cl. The lowest BCUT2D eigenvalue weighted by molar-refractivity contribution is -0.141. The second-order valence-electron chi connectivity index (χ2n) is 4.48. The molecule has 0 unspecified atom stereocenters. The highest BCUT2D eigenvalue weighted by Crippen LogP contribution is 2.13. The van der Waals surface area contributed by atoms with Crippen molar-refractivity contribution in [1.82, 2.24) is 10.2 Å². The van der Waals surface area contributed by atoms with Gasteiger partial charge in [0.05, 0.1) is 13.0 Å². The number of hydrogen-bond acceptors (Lipinski definition) is 4. The summed E-state index contributed by atoms with van der Waals surface area (Å²) in [6.45, 7) is 2.40. The van der Waals surface area contributed by atoms with Crippen LogP contribution < -0.4 is 5.32 Å². The first-order chi connectivity index (χ1) is 8.15. The van der Waals surface area contributed by atoms with Gasteiger partial charge in [-0.1, -0.05) is 0 Å². The Morgan fingerprint density at radius 3 is 2.72 bits per heavy atom. The van der Waals surface area contributed by atoms with Crippen LogP contribution in [0.25, 0.3) is 0 Å². The summed E-state index contributed by atoms with van der Waals surface area (Å²) in [4.78, 5) is 24.7. The van der Waals surface area contributed by atoms with E-state index in [0.29, 0.717) is 19.4 Å². The summed E-state index contributed by atoms with van der Waals surface area (Å²) >= 11 is 0. The van der Waals surface area contributed by atoms with Gasteiger partial charge in [0.1, 0.15) is 0 Å². The first-order valence-electron chi connectivity index (χ1n) is 6.17. The highest BCUT2D eigenvalue weighted by atomic mass is 35.5. The predicted molar refractivity (Wildman–Crippen MR) is 71.7 cm³/mol. The van der Waals surface area contributed by atoms with Gasteiger partial charge in [0.25, 0.3) is 0 Å². The summed E-state index contributed by atoms with van der Waals surface area (Å²) in [6, 6.07) is 0. The molecular formula is C12H23ClN2O3. The van der Waals surface area contributed by atoms with Gasteiger partial charge in [0.2, 0.25) is 5.91 Å². The molecule has 0 aliphatic carbocycles. The van der Waals surface area contributed by atoms with Gasteiger partial charge in [-0.15, -0.1) is 12.4 Å². The molecule has 1 atom stereocenters. The summed E-state index contributed by atoms with van der Waals surface area (Å²) in [5, 5.41) is 3.23. The summed E-state index contributed by atoms with van der Waals surface area (Å²) in [6.07, 6.45) is 3.06. The van der Waals surface area contributed by atoms with Crippen LogP contribution in [-0.2, 0) is 14.3 Å². The molecule has 0 aromatic carbocycles. The number of esters is 1. The molecule has 5 nitrogen and oxygen atoms in total. The molecule has 1 N–H and O–H groups in total. The lowest BCUT2D eigenvalue weighted by Crippen LogP contribution is -2.41. The largest absolute Gasteiger partial charge is 0.469 e. The van der Waals surface area contributed by atoms with Crippen molar-refractivity contribution in [3.05, 3.63) is 0 Å². The van der Waals surface area contributed by atoms with Crippen LogP contribution in [-0.4, -0.2) is 50.6 Å². The van der Waals surface area contributed by atoms with E-state index < -0.39 is 0 Å². The zero-order valence-corrected chi connectivity index (χ0v) is 11.9. The molecule has 1 amide bonds. The Balaban J connectivity index is 0.00000289. The maximum absolute atomic E-state index is 12.0. The number of amides is 1. The number of halogens is 1. The van der Waals surface area contributed by atoms with Crippen LogP contribution in [0.4, 0.5) is 0 Å². The number of piperidine rings is 1. The molecule has 1 rings (SSSR count). The van der Waals surface area contributed by atoms with E-state index in [1.165, 1.54) is 7.11 Å². The second-order valence-corrected chi connectivity index (χ2v) is 4.48. The van der Waals surface area contributed by atoms with Crippen molar-refractivity contribution >= 4 is 24.3 Å². The van der Waals surface area contributed by atoms with Gasteiger partial charge in [-0.25, -0.2) is 0 Å². The summed E-state index contributed by atoms with van der Waals surface area (Å²) in [5.41, 5.74) is 0. The van der Waals surface area contributed by atoms with Crippen molar-refractivity contribution in [1.29, 1.82) is 0 Å². The smallest absolute Gasteiger partial charge is 0.305 e. The molecule has 106 valence electrons. The monoisotopic (exact) mass is 278 g/mol. The minimum atomic E-state index is -0.217. The molecule has 1 fully saturated rings. The molecule has 1 saturated heterocycles. The van der Waals surface area contributed by atoms with Gasteiger partial charge >= 0.3 is 5.97 Å². The van der Waals surface area contributed by atoms with Crippen LogP contribution in [0.1, 0.15) is 25.7 Å². The quantitative estimate of drug-likeness (QED) is 0.757. The highest BCUT2D eigenvalue weighted by Gasteiger charge is 2.23. The van der Waals surface area contributed by atoms with Crippen molar-refractivity contribution in [2.24, 2.45) is 5.92 Å². The highest BCUT2D eigenvalue weighted by molar-refractivity contribution is 5.85. The fraction of sp³-hybridized carbons (Fsp3) is 0.833. The Kier molecular flexibility index (Phi) is 8.75. The van der Waals surface area contributed by atoms with Crippen LogP contribution in [0.3, 0.4) is 0 Å². The van der Waals surface area contributed by atoms with E-state index in [0.717, 1.165) is 25.9 Å². The predicted octanol–water partition coefficient (Wildman–Crippen LogP) is 0.819. The zero-order valence-electron chi connectivity index (χ0n) is 11.1. The van der Waals surface area contributed by atoms with E-state index in [4.69, 9.17) is 0 Å². The Bertz CT molecular complexity index is 268. The van der Waals surface area contributed by atoms with Crippen LogP contribution >= 0.6 is 12.4 Å². The number of carbonyl (C=O) groups excluding carboxylic acids is 2. The number of hydrogen-bond donors (Lipinski definition) is 1. The number of methoxy groups -OCH3 is 1. The van der Waals surface area contributed by atoms with Gasteiger partial charge < -0.3 is 15.0 Å². The Morgan fingerprint density at radius 2 is 2.17 bits per heavy atom. The van der Waals surface area contributed by atoms with Gasteiger partial charge in [-0.2, -0.15) is 0 Å². The third-order valence-corrected chi connectivity index (χ3v) is 3.12. The van der Waals surface area contributed by atoms with Gasteiger partial charge in [0, 0.05) is 26.6 Å². The van der Waals surface area contributed by atoms with Gasteiger partial charge in [0.15, 0.2) is 0 Å². The lowest BCUT2D eigenvalue weighted by Gasteiger charge is -2.26. The van der Waals surface area contributed by atoms with Crippen molar-refractivity contribution in [2.75, 3.05) is 33.8 Å². The Morgan fingerprint density at radius 1 is 1.44 bits per heavy atom. The number of nitrogens with zero attached hydrogens (tertiary/aromatic N) is 1. The molecular weight excluding hydrogens is 256 g/mol. The summed E-state index contributed by atoms with van der Waals surface area (Å²) in [5.74, 6) is 0.0686. The topological polar surface area (TPSA) is 58.6 Å². The molecule has 6 heteroatoms. The lowest BCUT2D eigenvalue weighted by atomic mass is 9.98. The summed E-state index contributed by atoms with van der Waals surface area (Å²) < 4.78 is 4.56. The Hall–Kier alpha value is -0.810. The minimum absolute atomic E-state index is 0. The molecule has 18 heavy (non-hydrogen) atoms. The normalized spacial score (nSPS) is 18.7. The molecule has 1 heterocycles. The standard InChI is InChI=1S/C12H22N2O3.ClH/c1-14(8-4-6-11(15)17-2)12(16)10-5-3-7-13-9-10;/h10,13H,3-9H2,1-2H3;1H/t10-;/m1./s1. The maximum atomic E-state index is 12.0. The molecule has 1 aliphatic rings. The number of ether oxygens (including phenoxy) is 1. The van der Waals surface area contributed by atoms with E-state index in [-0.39, 0.29) is 30.2 Å². The van der Waals surface area contributed by atoms with Crippen molar-refractivity contribution < 1.29 is 14.3 Å². The maximum Gasteiger partial charge on any atom is 0.305 e. The van der Waals surface area contributed by atoms with Crippen LogP contribution in [0, 0.1) is 5.92 Å². The molecule has 0 bridgehead atoms. The molecule has 0 spiro atoms. The summed E-state index contributed by atoms with van der Waals surface area (Å²) in [7, 11) is 3.18. The third-order valence-electron chi connectivity index (χ3n) is 3.12. The second kappa shape index (κ2) is 9.16. The zero-order chi connectivity index (χ0) is 12.7. The third kappa shape index (κ3) is 5.69. The van der Waals surface area contributed by atoms with Crippen molar-refractivity contribution in [2.45, 2.75) is 25.7 Å². The van der Waals surface area contributed by atoms with Gasteiger partial charge in [-0.05, 0) is 25.8 Å². The van der Waals surface area contributed by atoms with E-state index in [9.17, 15) is 9.59 Å². The number of nitrogens with one attached hydrogen (secondary N) is 1. The average molecular weight is 279 g/mol. The van der Waals surface area contributed by atoms with Crippen LogP contribution in [0.5, 0.6) is 0 Å². The molecule has 0 saturated carbocycles. The Labute approximate surface area is 115 Å². The van der Waals surface area contributed by atoms with E-state index in [2.05, 4.69) is 10.1 Å². The molecule has 0 aromatic heterocycles. The first-order valence-corrected chi connectivity index (χ1v) is 6.17. The molecule has 0 radical (unpaired) electrons. The van der Waals surface area contributed by atoms with Gasteiger partial charge in [-0.3, -0.25) is 9.59 Å². The minimum Gasteiger partial charge on any atom is -0.469 e. The van der Waals surface area contributed by atoms with E-state index in [1.54, 1.807) is 11.9 Å².